The first kappa shape index (κ1) is 48.9. The Hall–Kier alpha value is -6.76. The third-order valence-electron chi connectivity index (χ3n) is 19.1. The Kier molecular flexibility index (Phi) is 10.7. The van der Waals surface area contributed by atoms with Crippen molar-refractivity contribution in [3.05, 3.63) is 192 Å². The Bertz CT molecular complexity index is 3570. The zero-order valence-electron chi connectivity index (χ0n) is 47.4. The molecule has 4 nitrogen and oxygen atoms in total. The summed E-state index contributed by atoms with van der Waals surface area (Å²) in [6.07, 6.45) is 4.85. The van der Waals surface area contributed by atoms with E-state index in [0.717, 1.165) is 23.5 Å². The number of para-hydroxylation sites is 3. The molecule has 0 radical (unpaired) electrons. The van der Waals surface area contributed by atoms with E-state index in [2.05, 4.69) is 279 Å². The number of fused-ring (bicyclic) bond motifs is 9. The maximum absolute atomic E-state index is 2.77. The number of hydrogen-bond donors (Lipinski definition) is 0. The summed E-state index contributed by atoms with van der Waals surface area (Å²) in [6.45, 7) is 31.1. The SMILES string of the molecule is CC(C)(C)c1ccc(N(c2ccc(C(C)(C)C)cc2)c2cc3c4c(c2)N2c5ccccc5[Si](C)(C)c5cccc(c52)B4c2ccc(N4c5ccccc5C5(C)CCCCC45C)cc2N3c2ccc(C(C)(C)C)cc2)cc1. The van der Waals surface area contributed by atoms with E-state index in [-0.39, 0.29) is 33.9 Å². The highest BCUT2D eigenvalue weighted by Crippen LogP contribution is 2.61. The Morgan fingerprint density at radius 2 is 0.987 bits per heavy atom. The van der Waals surface area contributed by atoms with Crippen LogP contribution in [0.2, 0.25) is 13.1 Å². The highest BCUT2D eigenvalue weighted by atomic mass is 28.3. The lowest BCUT2D eigenvalue weighted by Crippen LogP contribution is -2.67. The molecule has 0 bridgehead atoms. The van der Waals surface area contributed by atoms with E-state index in [9.17, 15) is 0 Å². The van der Waals surface area contributed by atoms with Crippen LogP contribution in [-0.2, 0) is 21.7 Å². The van der Waals surface area contributed by atoms with E-state index in [1.165, 1.54) is 114 Å². The van der Waals surface area contributed by atoms with Crippen LogP contribution in [0.15, 0.2) is 170 Å². The molecule has 8 aromatic carbocycles. The molecule has 1 saturated carbocycles. The Morgan fingerprint density at radius 3 is 1.61 bits per heavy atom. The lowest BCUT2D eigenvalue weighted by Gasteiger charge is -2.51. The molecular formula is C70H75BN4Si. The van der Waals surface area contributed by atoms with Gasteiger partial charge in [-0.3, -0.25) is 0 Å². The Morgan fingerprint density at radius 1 is 0.461 bits per heavy atom. The fourth-order valence-electron chi connectivity index (χ4n) is 14.5. The van der Waals surface area contributed by atoms with Gasteiger partial charge >= 0.3 is 0 Å². The lowest BCUT2D eigenvalue weighted by atomic mass is 9.33. The predicted molar refractivity (Wildman–Crippen MR) is 331 cm³/mol. The standard InChI is InChI=1S/C70H75BN4Si/c1-66(2,3)46-27-33-49(34-28-46)72(50-35-29-47(30-36-50)67(4,5)6)53-44-60-64-61(45-53)74-58-24-16-17-25-62(58)76(12,13)63-26-20-22-56(65(63)74)71(64)55-40-39-52(43-59(55)73(60)51-37-31-48(32-38-51)68(7,8)9)75-57-23-15-14-21-54(57)69(10)41-18-19-42-70(69,75)11/h14-17,20-40,43-45H,18-19,41-42H2,1-13H3. The molecule has 382 valence electrons. The highest BCUT2D eigenvalue weighted by Gasteiger charge is 2.58. The van der Waals surface area contributed by atoms with Gasteiger partial charge < -0.3 is 19.6 Å². The summed E-state index contributed by atoms with van der Waals surface area (Å²) >= 11 is 0. The molecule has 6 heteroatoms. The summed E-state index contributed by atoms with van der Waals surface area (Å²) in [5.74, 6) is 0. The number of rotatable bonds is 5. The third-order valence-corrected chi connectivity index (χ3v) is 22.6. The van der Waals surface area contributed by atoms with Gasteiger partial charge in [0, 0.05) is 62.3 Å². The molecule has 13 rings (SSSR count). The van der Waals surface area contributed by atoms with E-state index in [1.54, 1.807) is 0 Å². The first-order chi connectivity index (χ1) is 36.1. The van der Waals surface area contributed by atoms with Gasteiger partial charge in [0.2, 0.25) is 0 Å². The van der Waals surface area contributed by atoms with E-state index >= 15 is 0 Å². The van der Waals surface area contributed by atoms with Gasteiger partial charge in [0.25, 0.3) is 6.71 Å². The second-order valence-corrected chi connectivity index (χ2v) is 31.3. The molecule has 0 aromatic heterocycles. The van der Waals surface area contributed by atoms with Crippen molar-refractivity contribution in [3.8, 4) is 0 Å². The van der Waals surface area contributed by atoms with Crippen molar-refractivity contribution in [1.82, 2.24) is 0 Å². The maximum atomic E-state index is 2.77. The molecule has 0 spiro atoms. The molecule has 76 heavy (non-hydrogen) atoms. The largest absolute Gasteiger partial charge is 0.334 e. The molecule has 4 aliphatic heterocycles. The lowest BCUT2D eigenvalue weighted by molar-refractivity contribution is 0.195. The fourth-order valence-corrected chi connectivity index (χ4v) is 17.5. The van der Waals surface area contributed by atoms with Crippen LogP contribution >= 0.6 is 0 Å². The van der Waals surface area contributed by atoms with Crippen LogP contribution in [0.5, 0.6) is 0 Å². The molecule has 4 heterocycles. The molecule has 1 fully saturated rings. The first-order valence-electron chi connectivity index (χ1n) is 28.3. The van der Waals surface area contributed by atoms with Crippen molar-refractivity contribution >= 4 is 104 Å². The van der Waals surface area contributed by atoms with Gasteiger partial charge in [0.05, 0.1) is 11.2 Å². The molecule has 5 aliphatic rings. The van der Waals surface area contributed by atoms with Crippen LogP contribution in [0.25, 0.3) is 0 Å². The van der Waals surface area contributed by atoms with E-state index < -0.39 is 8.07 Å². The van der Waals surface area contributed by atoms with Crippen molar-refractivity contribution < 1.29 is 0 Å². The molecule has 1 aliphatic carbocycles. The highest BCUT2D eigenvalue weighted by molar-refractivity contribution is 7.05. The van der Waals surface area contributed by atoms with Gasteiger partial charge in [-0.15, -0.1) is 0 Å². The van der Waals surface area contributed by atoms with E-state index in [1.807, 2.05) is 0 Å². The Balaban J connectivity index is 1.13. The van der Waals surface area contributed by atoms with Crippen LogP contribution in [-0.4, -0.2) is 20.3 Å². The van der Waals surface area contributed by atoms with Crippen LogP contribution < -0.4 is 46.4 Å². The second kappa shape index (κ2) is 16.6. The van der Waals surface area contributed by atoms with Crippen molar-refractivity contribution in [2.24, 2.45) is 0 Å². The van der Waals surface area contributed by atoms with Gasteiger partial charge in [-0.05, 0) is 158 Å². The molecule has 8 aromatic rings. The van der Waals surface area contributed by atoms with Crippen molar-refractivity contribution in [2.75, 3.05) is 19.6 Å². The minimum Gasteiger partial charge on any atom is -0.334 e. The number of nitrogens with zero attached hydrogens (tertiary/aromatic N) is 4. The topological polar surface area (TPSA) is 13.0 Å². The van der Waals surface area contributed by atoms with Crippen molar-refractivity contribution in [2.45, 2.75) is 142 Å². The van der Waals surface area contributed by atoms with Crippen molar-refractivity contribution in [3.63, 3.8) is 0 Å². The molecule has 0 N–H and O–H groups in total. The average Bonchev–Trinajstić information content (AvgIpc) is 3.62. The minimum absolute atomic E-state index is 0.00134. The summed E-state index contributed by atoms with van der Waals surface area (Å²) in [4.78, 5) is 10.6. The molecular weight excluding hydrogens is 936 g/mol. The molecule has 2 atom stereocenters. The predicted octanol–water partition coefficient (Wildman–Crippen LogP) is 16.0. The third kappa shape index (κ3) is 7.07. The van der Waals surface area contributed by atoms with Crippen LogP contribution in [0, 0.1) is 0 Å². The quantitative estimate of drug-likeness (QED) is 0.159. The first-order valence-corrected chi connectivity index (χ1v) is 31.3. The van der Waals surface area contributed by atoms with Gasteiger partial charge in [0.15, 0.2) is 0 Å². The summed E-state index contributed by atoms with van der Waals surface area (Å²) in [5.41, 5.74) is 23.2. The van der Waals surface area contributed by atoms with Crippen LogP contribution in [0.1, 0.15) is 124 Å². The van der Waals surface area contributed by atoms with Gasteiger partial charge in [-0.2, -0.15) is 0 Å². The normalized spacial score (nSPS) is 19.8. The van der Waals surface area contributed by atoms with Crippen LogP contribution in [0.3, 0.4) is 0 Å². The number of anilines is 11. The van der Waals surface area contributed by atoms with Crippen molar-refractivity contribution in [1.29, 1.82) is 0 Å². The van der Waals surface area contributed by atoms with E-state index in [4.69, 9.17) is 0 Å². The average molecular weight is 1010 g/mol. The van der Waals surface area contributed by atoms with Gasteiger partial charge in [-0.1, -0.05) is 192 Å². The molecule has 0 amide bonds. The fraction of sp³-hybridized carbons (Fsp3) is 0.314. The van der Waals surface area contributed by atoms with Crippen LogP contribution in [0.4, 0.5) is 62.6 Å². The maximum Gasteiger partial charge on any atom is 0.252 e. The summed E-state index contributed by atoms with van der Waals surface area (Å²) in [7, 11) is -2.17. The second-order valence-electron chi connectivity index (χ2n) is 27.0. The number of hydrogen-bond acceptors (Lipinski definition) is 4. The molecule has 2 unspecified atom stereocenters. The zero-order chi connectivity index (χ0) is 53.1. The monoisotopic (exact) mass is 1010 g/mol. The summed E-state index contributed by atoms with van der Waals surface area (Å²) in [6, 6.07) is 67.0. The zero-order valence-corrected chi connectivity index (χ0v) is 48.4. The summed E-state index contributed by atoms with van der Waals surface area (Å²) in [5, 5.41) is 2.99. The summed E-state index contributed by atoms with van der Waals surface area (Å²) < 4.78 is 0. The minimum atomic E-state index is -2.17. The van der Waals surface area contributed by atoms with Gasteiger partial charge in [0.1, 0.15) is 8.07 Å². The van der Waals surface area contributed by atoms with E-state index in [0.29, 0.717) is 0 Å². The smallest absolute Gasteiger partial charge is 0.252 e. The molecule has 0 saturated heterocycles. The van der Waals surface area contributed by atoms with Gasteiger partial charge in [-0.25, -0.2) is 0 Å². The Labute approximate surface area is 455 Å². The number of benzene rings is 8.